The Morgan fingerprint density at radius 2 is 2.13 bits per heavy atom. The number of piperidine rings is 1. The van der Waals surface area contributed by atoms with Crippen molar-refractivity contribution in [3.63, 3.8) is 0 Å². The molecule has 4 rings (SSSR count). The Labute approximate surface area is 178 Å². The molecule has 3 heterocycles. The van der Waals surface area contributed by atoms with Crippen molar-refractivity contribution in [2.75, 3.05) is 52.7 Å². The number of ether oxygens (including phenoxy) is 5. The van der Waals surface area contributed by atoms with Crippen LogP contribution in [-0.4, -0.2) is 70.0 Å². The van der Waals surface area contributed by atoms with Crippen LogP contribution in [0.5, 0.6) is 11.5 Å². The predicted octanol–water partition coefficient (Wildman–Crippen LogP) is 3.63. The highest BCUT2D eigenvalue weighted by Gasteiger charge is 2.33. The molecule has 1 aromatic rings. The summed E-state index contributed by atoms with van der Waals surface area (Å²) in [6.07, 6.45) is 5.42. The summed E-state index contributed by atoms with van der Waals surface area (Å²) in [5, 5.41) is 0. The van der Waals surface area contributed by atoms with Crippen molar-refractivity contribution in [3.8, 4) is 11.5 Å². The molecule has 0 spiro atoms. The molecule has 0 radical (unpaired) electrons. The van der Waals surface area contributed by atoms with Crippen LogP contribution < -0.4 is 9.47 Å². The van der Waals surface area contributed by atoms with Crippen molar-refractivity contribution in [2.45, 2.75) is 51.4 Å². The van der Waals surface area contributed by atoms with Crippen molar-refractivity contribution in [3.05, 3.63) is 24.0 Å². The van der Waals surface area contributed by atoms with E-state index in [-0.39, 0.29) is 23.6 Å². The summed E-state index contributed by atoms with van der Waals surface area (Å²) >= 11 is 0. The maximum absolute atomic E-state index is 13.5. The molecule has 0 saturated carbocycles. The van der Waals surface area contributed by atoms with Crippen LogP contribution in [0.1, 0.15) is 39.0 Å². The van der Waals surface area contributed by atoms with E-state index in [4.69, 9.17) is 23.7 Å². The lowest BCUT2D eigenvalue weighted by molar-refractivity contribution is -0.170. The summed E-state index contributed by atoms with van der Waals surface area (Å²) in [5.74, 6) is 0.807. The molecule has 2 fully saturated rings. The van der Waals surface area contributed by atoms with Crippen LogP contribution in [0.4, 0.5) is 4.39 Å². The first kappa shape index (κ1) is 21.8. The van der Waals surface area contributed by atoms with Gasteiger partial charge in [-0.3, -0.25) is 4.90 Å². The number of fused-ring (bicyclic) bond motifs is 1. The Morgan fingerprint density at radius 3 is 3.00 bits per heavy atom. The summed E-state index contributed by atoms with van der Waals surface area (Å²) < 4.78 is 42.5. The molecule has 0 bridgehead atoms. The van der Waals surface area contributed by atoms with E-state index in [1.54, 1.807) is 6.07 Å². The molecule has 2 saturated heterocycles. The summed E-state index contributed by atoms with van der Waals surface area (Å²) in [6, 6.07) is 4.42. The molecule has 30 heavy (non-hydrogen) atoms. The fourth-order valence-electron chi connectivity index (χ4n) is 4.57. The molecule has 0 amide bonds. The van der Waals surface area contributed by atoms with Crippen molar-refractivity contribution in [1.29, 1.82) is 0 Å². The minimum Gasteiger partial charge on any atom is -0.486 e. The second-order valence-corrected chi connectivity index (χ2v) is 9.01. The van der Waals surface area contributed by atoms with Gasteiger partial charge in [-0.15, -0.1) is 0 Å². The molecule has 3 aliphatic heterocycles. The third kappa shape index (κ3) is 6.06. The van der Waals surface area contributed by atoms with E-state index in [0.717, 1.165) is 51.9 Å². The van der Waals surface area contributed by atoms with Crippen LogP contribution in [0.3, 0.4) is 0 Å². The second-order valence-electron chi connectivity index (χ2n) is 9.01. The smallest absolute Gasteiger partial charge is 0.164 e. The topological polar surface area (TPSA) is 49.4 Å². The number of rotatable bonds is 8. The van der Waals surface area contributed by atoms with Gasteiger partial charge in [-0.05, 0) is 50.8 Å². The van der Waals surface area contributed by atoms with Gasteiger partial charge in [0.25, 0.3) is 0 Å². The van der Waals surface area contributed by atoms with Gasteiger partial charge in [-0.1, -0.05) is 6.92 Å². The van der Waals surface area contributed by atoms with E-state index < -0.39 is 0 Å². The molecular weight excluding hydrogens is 389 g/mol. The van der Waals surface area contributed by atoms with Crippen molar-refractivity contribution in [1.82, 2.24) is 4.90 Å². The van der Waals surface area contributed by atoms with E-state index in [2.05, 4.69) is 11.8 Å². The Morgan fingerprint density at radius 1 is 1.20 bits per heavy atom. The Balaban J connectivity index is 1.18. The lowest BCUT2D eigenvalue weighted by Crippen LogP contribution is -2.49. The number of benzene rings is 1. The Hall–Kier alpha value is -1.41. The summed E-state index contributed by atoms with van der Waals surface area (Å²) in [4.78, 5) is 2.41. The first-order valence-corrected chi connectivity index (χ1v) is 11.2. The minimum atomic E-state index is -0.306. The highest BCUT2D eigenvalue weighted by atomic mass is 19.1. The zero-order chi connectivity index (χ0) is 20.8. The maximum atomic E-state index is 13.5. The summed E-state index contributed by atoms with van der Waals surface area (Å²) in [7, 11) is 0. The van der Waals surface area contributed by atoms with Crippen LogP contribution in [0.2, 0.25) is 0 Å². The first-order chi connectivity index (χ1) is 14.6. The van der Waals surface area contributed by atoms with Gasteiger partial charge in [-0.25, -0.2) is 4.39 Å². The molecule has 168 valence electrons. The van der Waals surface area contributed by atoms with Gasteiger partial charge in [-0.2, -0.15) is 0 Å². The molecule has 0 N–H and O–H groups in total. The highest BCUT2D eigenvalue weighted by Crippen LogP contribution is 2.34. The molecule has 3 aliphatic rings. The number of nitrogens with zero attached hydrogens (tertiary/aromatic N) is 1. The van der Waals surface area contributed by atoms with Crippen LogP contribution in [0.25, 0.3) is 0 Å². The van der Waals surface area contributed by atoms with E-state index in [1.165, 1.54) is 18.6 Å². The maximum Gasteiger partial charge on any atom is 0.164 e. The first-order valence-electron chi connectivity index (χ1n) is 11.2. The average molecular weight is 424 g/mol. The van der Waals surface area contributed by atoms with E-state index in [1.807, 2.05) is 0 Å². The quantitative estimate of drug-likeness (QED) is 0.595. The third-order valence-corrected chi connectivity index (χ3v) is 6.07. The van der Waals surface area contributed by atoms with E-state index >= 15 is 0 Å². The third-order valence-electron chi connectivity index (χ3n) is 6.07. The number of likely N-dealkylation sites (tertiary alicyclic amines) is 1. The molecule has 1 aromatic carbocycles. The normalized spacial score (nSPS) is 29.7. The number of halogens is 1. The molecule has 7 heteroatoms. The minimum absolute atomic E-state index is 0.0561. The van der Waals surface area contributed by atoms with Crippen molar-refractivity contribution in [2.24, 2.45) is 5.41 Å². The molecule has 3 atom stereocenters. The van der Waals surface area contributed by atoms with Crippen LogP contribution in [0.15, 0.2) is 18.2 Å². The average Bonchev–Trinajstić information content (AvgIpc) is 2.74. The largest absolute Gasteiger partial charge is 0.486 e. The number of hydrogen-bond donors (Lipinski definition) is 0. The predicted molar refractivity (Wildman–Crippen MR) is 110 cm³/mol. The molecular formula is C23H34FNO5. The zero-order valence-electron chi connectivity index (χ0n) is 17.9. The molecule has 6 nitrogen and oxygen atoms in total. The molecule has 3 unspecified atom stereocenters. The zero-order valence-corrected chi connectivity index (χ0v) is 17.9. The van der Waals surface area contributed by atoms with Gasteiger partial charge in [0.05, 0.1) is 19.8 Å². The van der Waals surface area contributed by atoms with E-state index in [0.29, 0.717) is 37.9 Å². The fraction of sp³-hybridized carbons (Fsp3) is 0.739. The highest BCUT2D eigenvalue weighted by molar-refractivity contribution is 5.41. The van der Waals surface area contributed by atoms with Crippen LogP contribution in [0, 0.1) is 11.2 Å². The van der Waals surface area contributed by atoms with Gasteiger partial charge in [0.15, 0.2) is 17.8 Å². The number of hydrogen-bond acceptors (Lipinski definition) is 6. The van der Waals surface area contributed by atoms with E-state index in [9.17, 15) is 4.39 Å². The van der Waals surface area contributed by atoms with Crippen LogP contribution >= 0.6 is 0 Å². The van der Waals surface area contributed by atoms with Gasteiger partial charge in [0.2, 0.25) is 0 Å². The lowest BCUT2D eigenvalue weighted by atomic mass is 9.82. The molecule has 0 aromatic heterocycles. The SMILES string of the molecule is CC1(COCCOC2CCCCO2)CCCN(CC2COc3ccc(F)cc3O2)C1. The van der Waals surface area contributed by atoms with Crippen molar-refractivity contribution < 1.29 is 28.1 Å². The Bertz CT molecular complexity index is 684. The monoisotopic (exact) mass is 423 g/mol. The summed E-state index contributed by atoms with van der Waals surface area (Å²) in [6.45, 7) is 8.22. The molecule has 0 aliphatic carbocycles. The van der Waals surface area contributed by atoms with Gasteiger partial charge in [0, 0.05) is 31.2 Å². The second kappa shape index (κ2) is 10.3. The van der Waals surface area contributed by atoms with Crippen LogP contribution in [-0.2, 0) is 14.2 Å². The van der Waals surface area contributed by atoms with Gasteiger partial charge >= 0.3 is 0 Å². The van der Waals surface area contributed by atoms with Gasteiger partial charge in [0.1, 0.15) is 18.5 Å². The summed E-state index contributed by atoms with van der Waals surface area (Å²) in [5.41, 5.74) is 0.110. The fourth-order valence-corrected chi connectivity index (χ4v) is 4.57. The lowest BCUT2D eigenvalue weighted by Gasteiger charge is -2.42. The Kier molecular flexibility index (Phi) is 7.46. The standard InChI is InChI=1S/C23H34FNO5/c1-23(17-26-11-12-28-22-5-2-3-10-27-22)8-4-9-25(16-23)14-19-15-29-20-7-6-18(24)13-21(20)30-19/h6-7,13,19,22H,2-5,8-12,14-17H2,1H3. The van der Waals surface area contributed by atoms with Gasteiger partial charge < -0.3 is 23.7 Å². The van der Waals surface area contributed by atoms with Crippen molar-refractivity contribution >= 4 is 0 Å².